The van der Waals surface area contributed by atoms with E-state index in [4.69, 9.17) is 0 Å². The van der Waals surface area contributed by atoms with Crippen LogP contribution in [0.2, 0.25) is 0 Å². The van der Waals surface area contributed by atoms with E-state index in [2.05, 4.69) is 45.7 Å². The van der Waals surface area contributed by atoms with Crippen LogP contribution in [0.5, 0.6) is 0 Å². The molecule has 0 saturated heterocycles. The van der Waals surface area contributed by atoms with Gasteiger partial charge in [0, 0.05) is 30.3 Å². The van der Waals surface area contributed by atoms with E-state index < -0.39 is 0 Å². The number of rotatable bonds is 6. The minimum Gasteiger partial charge on any atom is -0.207 e. The molecule has 0 bridgehead atoms. The van der Waals surface area contributed by atoms with Gasteiger partial charge >= 0.3 is 0 Å². The van der Waals surface area contributed by atoms with Crippen molar-refractivity contribution in [3.05, 3.63) is 94.9 Å². The van der Waals surface area contributed by atoms with Crippen LogP contribution in [0.25, 0.3) is 0 Å². The van der Waals surface area contributed by atoms with E-state index >= 15 is 0 Å². The number of benzene rings is 2. The SMILES string of the molecule is CC1=C(SCc2ccc(Br)cc2F)S/C(=C2/SC(C)=C(SCc3ccc(Br)cc3F)S2)S1. The maximum atomic E-state index is 14.1. The first kappa shape index (κ1) is 25.7. The summed E-state index contributed by atoms with van der Waals surface area (Å²) in [6.07, 6.45) is 0. The van der Waals surface area contributed by atoms with Crippen LogP contribution in [0.3, 0.4) is 0 Å². The fraction of sp³-hybridized carbons (Fsp3) is 0.182. The standard InChI is InChI=1S/C22H16Br2F2S6/c1-11-19(27-9-13-3-5-15(23)7-17(13)25)31-21(29-11)22-30-12(2)20(32-22)28-10-14-4-6-16(24)8-18(14)26/h3-8H,9-10H2,1-2H3/b22-21-. The van der Waals surface area contributed by atoms with E-state index in [-0.39, 0.29) is 11.6 Å². The second-order valence-corrected chi connectivity index (χ2v) is 16.0. The number of hydrogen-bond donors (Lipinski definition) is 0. The number of allylic oxidation sites excluding steroid dienone is 2. The maximum absolute atomic E-state index is 14.1. The highest BCUT2D eigenvalue weighted by Crippen LogP contribution is 2.63. The molecule has 2 aromatic carbocycles. The molecule has 32 heavy (non-hydrogen) atoms. The summed E-state index contributed by atoms with van der Waals surface area (Å²) in [6.45, 7) is 4.25. The van der Waals surface area contributed by atoms with E-state index in [1.807, 2.05) is 24.3 Å². The Labute approximate surface area is 229 Å². The lowest BCUT2D eigenvalue weighted by Crippen LogP contribution is -1.87. The molecule has 0 nitrogen and oxygen atoms in total. The highest BCUT2D eigenvalue weighted by molar-refractivity contribution is 9.10. The van der Waals surface area contributed by atoms with Crippen molar-refractivity contribution in [1.29, 1.82) is 0 Å². The van der Waals surface area contributed by atoms with Gasteiger partial charge in [-0.05, 0) is 49.2 Å². The number of halogens is 4. The van der Waals surface area contributed by atoms with E-state index in [0.717, 1.165) is 8.95 Å². The first-order valence-corrected chi connectivity index (χ1v) is 16.1. The Morgan fingerprint density at radius 1 is 0.688 bits per heavy atom. The fourth-order valence-corrected chi connectivity index (χ4v) is 11.8. The molecule has 168 valence electrons. The zero-order valence-electron chi connectivity index (χ0n) is 16.8. The third-order valence-corrected chi connectivity index (χ3v) is 14.2. The van der Waals surface area contributed by atoms with Crippen molar-refractivity contribution in [2.24, 2.45) is 0 Å². The maximum Gasteiger partial charge on any atom is 0.128 e. The van der Waals surface area contributed by atoms with Gasteiger partial charge in [-0.2, -0.15) is 0 Å². The lowest BCUT2D eigenvalue weighted by atomic mass is 10.2. The first-order valence-electron chi connectivity index (χ1n) is 9.31. The highest BCUT2D eigenvalue weighted by atomic mass is 79.9. The molecule has 2 heterocycles. The Morgan fingerprint density at radius 2 is 1.09 bits per heavy atom. The van der Waals surface area contributed by atoms with Crippen molar-refractivity contribution in [3.63, 3.8) is 0 Å². The summed E-state index contributed by atoms with van der Waals surface area (Å²) in [6, 6.07) is 10.5. The molecule has 0 aliphatic carbocycles. The van der Waals surface area contributed by atoms with E-state index in [1.54, 1.807) is 70.6 Å². The molecule has 0 aromatic heterocycles. The fourth-order valence-electron chi connectivity index (χ4n) is 2.71. The lowest BCUT2D eigenvalue weighted by molar-refractivity contribution is 0.616. The van der Waals surface area contributed by atoms with Crippen LogP contribution < -0.4 is 0 Å². The molecule has 0 N–H and O–H groups in total. The van der Waals surface area contributed by atoms with Crippen LogP contribution in [-0.2, 0) is 11.5 Å². The predicted octanol–water partition coefficient (Wildman–Crippen LogP) is 11.1. The zero-order valence-corrected chi connectivity index (χ0v) is 24.9. The van der Waals surface area contributed by atoms with Gasteiger partial charge in [0.25, 0.3) is 0 Å². The molecule has 2 aliphatic rings. The molecule has 0 saturated carbocycles. The first-order chi connectivity index (χ1) is 15.3. The van der Waals surface area contributed by atoms with Crippen LogP contribution >= 0.6 is 102 Å². The van der Waals surface area contributed by atoms with Crippen molar-refractivity contribution in [3.8, 4) is 0 Å². The van der Waals surface area contributed by atoms with Gasteiger partial charge in [0.15, 0.2) is 0 Å². The molecule has 0 unspecified atom stereocenters. The summed E-state index contributed by atoms with van der Waals surface area (Å²) in [7, 11) is 0. The minimum atomic E-state index is -0.176. The smallest absolute Gasteiger partial charge is 0.128 e. The monoisotopic (exact) mass is 668 g/mol. The van der Waals surface area contributed by atoms with E-state index in [0.29, 0.717) is 22.6 Å². The molecule has 2 aliphatic heterocycles. The van der Waals surface area contributed by atoms with Crippen LogP contribution in [0, 0.1) is 11.6 Å². The summed E-state index contributed by atoms with van der Waals surface area (Å²) in [5, 5.41) is 0. The van der Waals surface area contributed by atoms with Gasteiger partial charge in [-0.3, -0.25) is 0 Å². The van der Waals surface area contributed by atoms with Crippen LogP contribution in [0.4, 0.5) is 8.78 Å². The molecule has 0 spiro atoms. The van der Waals surface area contributed by atoms with Crippen molar-refractivity contribution in [2.75, 3.05) is 0 Å². The van der Waals surface area contributed by atoms with Gasteiger partial charge in [-0.1, -0.05) is 91.0 Å². The van der Waals surface area contributed by atoms with Crippen molar-refractivity contribution >= 4 is 102 Å². The van der Waals surface area contributed by atoms with Gasteiger partial charge < -0.3 is 0 Å². The van der Waals surface area contributed by atoms with Gasteiger partial charge in [0.05, 0.1) is 16.9 Å². The Kier molecular flexibility index (Phi) is 9.26. The summed E-state index contributed by atoms with van der Waals surface area (Å²) in [5.74, 6) is 0.869. The normalized spacial score (nSPS) is 18.9. The number of hydrogen-bond acceptors (Lipinski definition) is 6. The van der Waals surface area contributed by atoms with Gasteiger partial charge in [-0.25, -0.2) is 8.78 Å². The second kappa shape index (κ2) is 11.5. The molecule has 0 radical (unpaired) electrons. The average molecular weight is 671 g/mol. The zero-order chi connectivity index (χ0) is 22.8. The minimum absolute atomic E-state index is 0.176. The van der Waals surface area contributed by atoms with Crippen LogP contribution in [0.15, 0.2) is 72.1 Å². The third kappa shape index (κ3) is 6.42. The third-order valence-electron chi connectivity index (χ3n) is 4.35. The predicted molar refractivity (Wildman–Crippen MR) is 154 cm³/mol. The molecule has 4 rings (SSSR count). The molecule has 2 aromatic rings. The Balaban J connectivity index is 1.36. The van der Waals surface area contributed by atoms with Gasteiger partial charge in [0.2, 0.25) is 0 Å². The van der Waals surface area contributed by atoms with Crippen molar-refractivity contribution in [1.82, 2.24) is 0 Å². The van der Waals surface area contributed by atoms with E-state index in [9.17, 15) is 8.78 Å². The summed E-state index contributed by atoms with van der Waals surface area (Å²) < 4.78 is 34.8. The molecule has 0 atom stereocenters. The molecular weight excluding hydrogens is 654 g/mol. The number of thioether (sulfide) groups is 6. The van der Waals surface area contributed by atoms with Crippen molar-refractivity contribution < 1.29 is 8.78 Å². The Bertz CT molecular complexity index is 1070. The summed E-state index contributed by atoms with van der Waals surface area (Å²) in [4.78, 5) is 2.52. The van der Waals surface area contributed by atoms with Gasteiger partial charge in [-0.15, -0.1) is 23.5 Å². The average Bonchev–Trinajstić information content (AvgIpc) is 3.29. The Hall–Kier alpha value is 0.580. The Morgan fingerprint density at radius 3 is 1.47 bits per heavy atom. The molecule has 0 fully saturated rings. The highest BCUT2D eigenvalue weighted by Gasteiger charge is 2.28. The largest absolute Gasteiger partial charge is 0.207 e. The summed E-state index contributed by atoms with van der Waals surface area (Å²) in [5.41, 5.74) is 1.43. The van der Waals surface area contributed by atoms with Crippen LogP contribution in [0.1, 0.15) is 25.0 Å². The van der Waals surface area contributed by atoms with Crippen LogP contribution in [-0.4, -0.2) is 0 Å². The molecule has 0 amide bonds. The second-order valence-electron chi connectivity index (χ2n) is 6.72. The molecule has 10 heteroatoms. The molecular formula is C22H16Br2F2S6. The lowest BCUT2D eigenvalue weighted by Gasteiger charge is -2.06. The van der Waals surface area contributed by atoms with Crippen molar-refractivity contribution in [2.45, 2.75) is 25.4 Å². The summed E-state index contributed by atoms with van der Waals surface area (Å²) >= 11 is 17.1. The van der Waals surface area contributed by atoms with Gasteiger partial charge in [0.1, 0.15) is 11.6 Å². The van der Waals surface area contributed by atoms with E-state index in [1.165, 1.54) is 38.9 Å². The topological polar surface area (TPSA) is 0 Å². The quantitative estimate of drug-likeness (QED) is 0.298.